The second-order valence-corrected chi connectivity index (χ2v) is 3.94. The van der Waals surface area contributed by atoms with Crippen LogP contribution in [0.4, 0.5) is 8.78 Å². The predicted molar refractivity (Wildman–Crippen MR) is 63.5 cm³/mol. The molecular weight excluding hydrogens is 238 g/mol. The van der Waals surface area contributed by atoms with E-state index in [1.807, 2.05) is 0 Å². The Bertz CT molecular complexity index is 621. The van der Waals surface area contributed by atoms with Crippen LogP contribution in [0.1, 0.15) is 15.9 Å². The number of rotatable bonds is 2. The van der Waals surface area contributed by atoms with Crippen LogP contribution in [-0.4, -0.2) is 11.1 Å². The predicted octanol–water partition coefficient (Wildman–Crippen LogP) is 3.64. The maximum absolute atomic E-state index is 13.6. The average molecular weight is 248 g/mol. The van der Waals surface area contributed by atoms with Crippen molar-refractivity contribution in [3.63, 3.8) is 0 Å². The second-order valence-electron chi connectivity index (χ2n) is 3.94. The first-order valence-corrected chi connectivity index (χ1v) is 5.29. The summed E-state index contributed by atoms with van der Waals surface area (Å²) in [5.41, 5.74) is 1.31. The fourth-order valence-corrected chi connectivity index (χ4v) is 1.81. The number of hydrogen-bond donors (Lipinski definition) is 1. The number of halogens is 2. The maximum atomic E-state index is 13.6. The van der Waals surface area contributed by atoms with Gasteiger partial charge in [0.05, 0.1) is 5.56 Å². The third kappa shape index (κ3) is 2.09. The topological polar surface area (TPSA) is 37.3 Å². The van der Waals surface area contributed by atoms with Crippen LogP contribution in [0.15, 0.2) is 36.4 Å². The van der Waals surface area contributed by atoms with Gasteiger partial charge in [-0.25, -0.2) is 13.6 Å². The molecule has 0 unspecified atom stereocenters. The molecule has 2 nitrogen and oxygen atoms in total. The second kappa shape index (κ2) is 4.56. The molecule has 2 rings (SSSR count). The molecule has 0 saturated heterocycles. The highest BCUT2D eigenvalue weighted by Crippen LogP contribution is 2.27. The monoisotopic (exact) mass is 248 g/mol. The van der Waals surface area contributed by atoms with Crippen molar-refractivity contribution in [2.24, 2.45) is 0 Å². The van der Waals surface area contributed by atoms with Crippen molar-refractivity contribution in [2.75, 3.05) is 0 Å². The van der Waals surface area contributed by atoms with Gasteiger partial charge in [-0.05, 0) is 36.2 Å². The highest BCUT2D eigenvalue weighted by molar-refractivity contribution is 5.89. The van der Waals surface area contributed by atoms with Gasteiger partial charge in [-0.15, -0.1) is 0 Å². The van der Waals surface area contributed by atoms with Crippen LogP contribution in [0.3, 0.4) is 0 Å². The van der Waals surface area contributed by atoms with E-state index in [0.717, 1.165) is 6.07 Å². The molecule has 4 heteroatoms. The standard InChI is InChI=1S/C14H10F2O2/c1-8-7-9(14(17)18)5-6-10(8)11-3-2-4-12(15)13(11)16/h2-7H,1H3,(H,17,18). The summed E-state index contributed by atoms with van der Waals surface area (Å²) in [5.74, 6) is -2.90. The summed E-state index contributed by atoms with van der Waals surface area (Å²) in [6.45, 7) is 1.66. The van der Waals surface area contributed by atoms with Crippen LogP contribution in [0.25, 0.3) is 11.1 Å². The molecule has 1 N–H and O–H groups in total. The molecule has 0 aliphatic carbocycles. The van der Waals surface area contributed by atoms with Gasteiger partial charge in [0.2, 0.25) is 0 Å². The fourth-order valence-electron chi connectivity index (χ4n) is 1.81. The number of benzene rings is 2. The number of carbonyl (C=O) groups is 1. The van der Waals surface area contributed by atoms with E-state index in [1.54, 1.807) is 6.92 Å². The Labute approximate surface area is 103 Å². The molecule has 2 aromatic rings. The Balaban J connectivity index is 2.58. The minimum absolute atomic E-state index is 0.119. The van der Waals surface area contributed by atoms with Crippen LogP contribution in [0.2, 0.25) is 0 Å². The molecule has 0 aliphatic rings. The van der Waals surface area contributed by atoms with Crippen molar-refractivity contribution < 1.29 is 18.7 Å². The highest BCUT2D eigenvalue weighted by Gasteiger charge is 2.13. The third-order valence-electron chi connectivity index (χ3n) is 2.72. The van der Waals surface area contributed by atoms with E-state index in [1.165, 1.54) is 30.3 Å². The SMILES string of the molecule is Cc1cc(C(=O)O)ccc1-c1cccc(F)c1F. The Morgan fingerprint density at radius 3 is 2.44 bits per heavy atom. The van der Waals surface area contributed by atoms with Crippen molar-refractivity contribution in [1.82, 2.24) is 0 Å². The summed E-state index contributed by atoms with van der Waals surface area (Å²) in [6.07, 6.45) is 0. The van der Waals surface area contributed by atoms with Gasteiger partial charge in [-0.1, -0.05) is 18.2 Å². The largest absolute Gasteiger partial charge is 0.478 e. The average Bonchev–Trinajstić information content (AvgIpc) is 2.33. The molecule has 0 aromatic heterocycles. The van der Waals surface area contributed by atoms with E-state index in [0.29, 0.717) is 11.1 Å². The Kier molecular flexibility index (Phi) is 3.10. The van der Waals surface area contributed by atoms with Crippen molar-refractivity contribution in [1.29, 1.82) is 0 Å². The van der Waals surface area contributed by atoms with Crippen LogP contribution in [0.5, 0.6) is 0 Å². The smallest absolute Gasteiger partial charge is 0.335 e. The molecule has 2 aromatic carbocycles. The zero-order chi connectivity index (χ0) is 13.3. The van der Waals surface area contributed by atoms with Crippen molar-refractivity contribution >= 4 is 5.97 Å². The molecule has 0 fully saturated rings. The lowest BCUT2D eigenvalue weighted by Crippen LogP contribution is -1.98. The van der Waals surface area contributed by atoms with Crippen LogP contribution >= 0.6 is 0 Å². The molecule has 0 heterocycles. The van der Waals surface area contributed by atoms with E-state index in [4.69, 9.17) is 5.11 Å². The highest BCUT2D eigenvalue weighted by atomic mass is 19.2. The first kappa shape index (κ1) is 12.2. The Hall–Kier alpha value is -2.23. The lowest BCUT2D eigenvalue weighted by Gasteiger charge is -2.08. The van der Waals surface area contributed by atoms with E-state index in [2.05, 4.69) is 0 Å². The van der Waals surface area contributed by atoms with Crippen LogP contribution in [-0.2, 0) is 0 Å². The maximum Gasteiger partial charge on any atom is 0.335 e. The van der Waals surface area contributed by atoms with E-state index < -0.39 is 17.6 Å². The van der Waals surface area contributed by atoms with Crippen LogP contribution < -0.4 is 0 Å². The van der Waals surface area contributed by atoms with Gasteiger partial charge in [-0.3, -0.25) is 0 Å². The number of carboxylic acid groups (broad SMARTS) is 1. The van der Waals surface area contributed by atoms with Gasteiger partial charge < -0.3 is 5.11 Å². The Morgan fingerprint density at radius 2 is 1.83 bits per heavy atom. The van der Waals surface area contributed by atoms with E-state index in [9.17, 15) is 13.6 Å². The summed E-state index contributed by atoms with van der Waals surface area (Å²) in [5, 5.41) is 8.84. The van der Waals surface area contributed by atoms with Crippen molar-refractivity contribution in [2.45, 2.75) is 6.92 Å². The van der Waals surface area contributed by atoms with Gasteiger partial charge in [0, 0.05) is 5.56 Å². The molecule has 0 radical (unpaired) electrons. The molecule has 0 bridgehead atoms. The van der Waals surface area contributed by atoms with Gasteiger partial charge in [-0.2, -0.15) is 0 Å². The molecule has 0 saturated carbocycles. The Morgan fingerprint density at radius 1 is 1.11 bits per heavy atom. The number of aromatic carboxylic acids is 1. The number of hydrogen-bond acceptors (Lipinski definition) is 1. The minimum atomic E-state index is -1.05. The van der Waals surface area contributed by atoms with E-state index >= 15 is 0 Å². The zero-order valence-corrected chi connectivity index (χ0v) is 9.58. The normalized spacial score (nSPS) is 10.4. The summed E-state index contributed by atoms with van der Waals surface area (Å²) < 4.78 is 26.8. The van der Waals surface area contributed by atoms with Gasteiger partial charge >= 0.3 is 5.97 Å². The molecular formula is C14H10F2O2. The summed E-state index contributed by atoms with van der Waals surface area (Å²) >= 11 is 0. The number of aryl methyl sites for hydroxylation is 1. The molecule has 92 valence electrons. The molecule has 0 spiro atoms. The molecule has 0 atom stereocenters. The van der Waals surface area contributed by atoms with Crippen LogP contribution in [0, 0.1) is 18.6 Å². The minimum Gasteiger partial charge on any atom is -0.478 e. The summed E-state index contributed by atoms with van der Waals surface area (Å²) in [7, 11) is 0. The first-order chi connectivity index (χ1) is 8.50. The van der Waals surface area contributed by atoms with Crippen molar-refractivity contribution in [3.05, 3.63) is 59.2 Å². The van der Waals surface area contributed by atoms with Gasteiger partial charge in [0.1, 0.15) is 0 Å². The fraction of sp³-hybridized carbons (Fsp3) is 0.0714. The van der Waals surface area contributed by atoms with Gasteiger partial charge in [0.25, 0.3) is 0 Å². The number of carboxylic acids is 1. The molecule has 0 amide bonds. The van der Waals surface area contributed by atoms with Gasteiger partial charge in [0.15, 0.2) is 11.6 Å². The molecule has 18 heavy (non-hydrogen) atoms. The van der Waals surface area contributed by atoms with Crippen molar-refractivity contribution in [3.8, 4) is 11.1 Å². The lowest BCUT2D eigenvalue weighted by atomic mass is 9.98. The molecule has 0 aliphatic heterocycles. The first-order valence-electron chi connectivity index (χ1n) is 5.29. The third-order valence-corrected chi connectivity index (χ3v) is 2.72. The summed E-state index contributed by atoms with van der Waals surface area (Å²) in [6, 6.07) is 8.20. The lowest BCUT2D eigenvalue weighted by molar-refractivity contribution is 0.0697. The van der Waals surface area contributed by atoms with E-state index in [-0.39, 0.29) is 11.1 Å². The zero-order valence-electron chi connectivity index (χ0n) is 9.58. The quantitative estimate of drug-likeness (QED) is 0.880. The summed E-state index contributed by atoms with van der Waals surface area (Å²) in [4.78, 5) is 10.8.